The summed E-state index contributed by atoms with van der Waals surface area (Å²) in [6.07, 6.45) is 0. The Bertz CT molecular complexity index is 483. The molecule has 0 bridgehead atoms. The zero-order valence-electron chi connectivity index (χ0n) is 10.4. The van der Waals surface area contributed by atoms with Crippen LogP contribution in [-0.4, -0.2) is 20.7 Å². The van der Waals surface area contributed by atoms with Gasteiger partial charge < -0.3 is 15.7 Å². The Morgan fingerprint density at radius 3 is 2.56 bits per heavy atom. The van der Waals surface area contributed by atoms with Crippen molar-refractivity contribution in [3.05, 3.63) is 28.3 Å². The van der Waals surface area contributed by atoms with E-state index in [2.05, 4.69) is 10.6 Å². The molecule has 0 atom stereocenters. The van der Waals surface area contributed by atoms with E-state index >= 15 is 0 Å². The van der Waals surface area contributed by atoms with E-state index < -0.39 is 4.92 Å². The molecule has 0 aliphatic carbocycles. The van der Waals surface area contributed by atoms with Gasteiger partial charge in [0.25, 0.3) is 0 Å². The van der Waals surface area contributed by atoms with Crippen molar-refractivity contribution in [1.29, 1.82) is 0 Å². The molecule has 0 aliphatic heterocycles. The van der Waals surface area contributed by atoms with Gasteiger partial charge in [0.1, 0.15) is 0 Å². The van der Waals surface area contributed by atoms with Gasteiger partial charge in [0, 0.05) is 17.3 Å². The first kappa shape index (κ1) is 14.2. The Kier molecular flexibility index (Phi) is 4.07. The molecule has 7 heteroatoms. The maximum Gasteiger partial charge on any atom is 0.312 e. The number of benzene rings is 1. The summed E-state index contributed by atoms with van der Waals surface area (Å²) >= 11 is 5.07. The second-order valence-corrected chi connectivity index (χ2v) is 5.20. The van der Waals surface area contributed by atoms with Gasteiger partial charge in [-0.3, -0.25) is 10.1 Å². The third-order valence-electron chi connectivity index (χ3n) is 1.92. The van der Waals surface area contributed by atoms with Crippen LogP contribution in [0.1, 0.15) is 20.8 Å². The van der Waals surface area contributed by atoms with Crippen LogP contribution in [0.4, 0.5) is 11.4 Å². The van der Waals surface area contributed by atoms with Crippen LogP contribution in [0.15, 0.2) is 18.2 Å². The van der Waals surface area contributed by atoms with Gasteiger partial charge in [0.05, 0.1) is 4.92 Å². The lowest BCUT2D eigenvalue weighted by molar-refractivity contribution is -0.385. The summed E-state index contributed by atoms with van der Waals surface area (Å²) in [6, 6.07) is 3.99. The molecule has 0 aliphatic rings. The highest BCUT2D eigenvalue weighted by Gasteiger charge is 2.15. The van der Waals surface area contributed by atoms with E-state index in [9.17, 15) is 15.2 Å². The Hall–Kier alpha value is -1.89. The minimum absolute atomic E-state index is 0.201. The van der Waals surface area contributed by atoms with Crippen molar-refractivity contribution in [3.63, 3.8) is 0 Å². The van der Waals surface area contributed by atoms with Crippen molar-refractivity contribution >= 4 is 28.7 Å². The number of nitrogens with one attached hydrogen (secondary N) is 2. The van der Waals surface area contributed by atoms with Crippen molar-refractivity contribution in [2.24, 2.45) is 0 Å². The van der Waals surface area contributed by atoms with Gasteiger partial charge in [-0.2, -0.15) is 0 Å². The molecule has 0 saturated heterocycles. The molecular weight excluding hydrogens is 254 g/mol. The smallest absolute Gasteiger partial charge is 0.312 e. The molecule has 0 fully saturated rings. The lowest BCUT2D eigenvalue weighted by Gasteiger charge is -2.23. The fourth-order valence-electron chi connectivity index (χ4n) is 1.25. The summed E-state index contributed by atoms with van der Waals surface area (Å²) in [5.74, 6) is -0.375. The molecule has 1 aromatic carbocycles. The van der Waals surface area contributed by atoms with Gasteiger partial charge >= 0.3 is 5.69 Å². The Balaban J connectivity index is 2.83. The van der Waals surface area contributed by atoms with E-state index in [1.807, 2.05) is 20.8 Å². The van der Waals surface area contributed by atoms with Gasteiger partial charge in [-0.1, -0.05) is 0 Å². The summed E-state index contributed by atoms with van der Waals surface area (Å²) in [4.78, 5) is 10.0. The lowest BCUT2D eigenvalue weighted by Crippen LogP contribution is -2.42. The molecule has 0 saturated carbocycles. The average molecular weight is 269 g/mol. The fourth-order valence-corrected chi connectivity index (χ4v) is 1.67. The van der Waals surface area contributed by atoms with Crippen molar-refractivity contribution in [1.82, 2.24) is 5.32 Å². The largest absolute Gasteiger partial charge is 0.502 e. The van der Waals surface area contributed by atoms with Crippen LogP contribution in [0.5, 0.6) is 5.75 Å². The summed E-state index contributed by atoms with van der Waals surface area (Å²) in [6.45, 7) is 5.83. The van der Waals surface area contributed by atoms with E-state index in [0.29, 0.717) is 10.8 Å². The number of nitrogens with zero attached hydrogens (tertiary/aromatic N) is 1. The van der Waals surface area contributed by atoms with Gasteiger partial charge in [-0.25, -0.2) is 0 Å². The van der Waals surface area contributed by atoms with E-state index in [1.165, 1.54) is 18.2 Å². The highest BCUT2D eigenvalue weighted by atomic mass is 32.1. The van der Waals surface area contributed by atoms with E-state index in [1.54, 1.807) is 0 Å². The molecular formula is C11H15N3O3S. The number of anilines is 1. The molecule has 0 unspecified atom stereocenters. The standard InChI is InChI=1S/C11H15N3O3S/c1-11(2,3)13-10(18)12-7-4-5-9(15)8(6-7)14(16)17/h4-6,15H,1-3H3,(H2,12,13,18). The number of aromatic hydroxyl groups is 1. The highest BCUT2D eigenvalue weighted by Crippen LogP contribution is 2.28. The van der Waals surface area contributed by atoms with Crippen molar-refractivity contribution in [3.8, 4) is 5.75 Å². The summed E-state index contributed by atoms with van der Waals surface area (Å²) in [5, 5.41) is 26.2. The van der Waals surface area contributed by atoms with Crippen LogP contribution < -0.4 is 10.6 Å². The number of phenolic OH excluding ortho intramolecular Hbond substituents is 1. The third-order valence-corrected chi connectivity index (χ3v) is 2.12. The molecule has 1 aromatic rings. The van der Waals surface area contributed by atoms with Gasteiger partial charge in [-0.05, 0) is 45.1 Å². The van der Waals surface area contributed by atoms with Crippen LogP contribution >= 0.6 is 12.2 Å². The van der Waals surface area contributed by atoms with E-state index in [-0.39, 0.29) is 17.0 Å². The number of hydrogen-bond donors (Lipinski definition) is 3. The molecule has 0 spiro atoms. The SMILES string of the molecule is CC(C)(C)NC(=S)Nc1ccc(O)c([N+](=O)[O-])c1. The second kappa shape index (κ2) is 5.18. The Labute approximate surface area is 110 Å². The normalized spacial score (nSPS) is 10.8. The van der Waals surface area contributed by atoms with Crippen LogP contribution in [0, 0.1) is 10.1 Å². The first-order chi connectivity index (χ1) is 8.19. The van der Waals surface area contributed by atoms with Gasteiger partial charge in [-0.15, -0.1) is 0 Å². The molecule has 6 nitrogen and oxygen atoms in total. The summed E-state index contributed by atoms with van der Waals surface area (Å²) in [5.41, 5.74) is -0.118. The topological polar surface area (TPSA) is 87.4 Å². The summed E-state index contributed by atoms with van der Waals surface area (Å²) in [7, 11) is 0. The molecule has 98 valence electrons. The molecule has 0 radical (unpaired) electrons. The van der Waals surface area contributed by atoms with Crippen LogP contribution in [0.25, 0.3) is 0 Å². The zero-order chi connectivity index (χ0) is 13.9. The maximum absolute atomic E-state index is 10.7. The minimum atomic E-state index is -0.652. The first-order valence-corrected chi connectivity index (χ1v) is 5.66. The monoisotopic (exact) mass is 269 g/mol. The lowest BCUT2D eigenvalue weighted by atomic mass is 10.1. The first-order valence-electron chi connectivity index (χ1n) is 5.25. The van der Waals surface area contributed by atoms with Crippen molar-refractivity contribution in [2.75, 3.05) is 5.32 Å². The number of phenols is 1. The number of thiocarbonyl (C=S) groups is 1. The number of rotatable bonds is 2. The number of hydrogen-bond acceptors (Lipinski definition) is 4. The molecule has 3 N–H and O–H groups in total. The van der Waals surface area contributed by atoms with Crippen LogP contribution in [0.2, 0.25) is 0 Å². The van der Waals surface area contributed by atoms with Gasteiger partial charge in [0.15, 0.2) is 10.9 Å². The summed E-state index contributed by atoms with van der Waals surface area (Å²) < 4.78 is 0. The van der Waals surface area contributed by atoms with Crippen LogP contribution in [-0.2, 0) is 0 Å². The third kappa shape index (κ3) is 4.17. The molecule has 18 heavy (non-hydrogen) atoms. The van der Waals surface area contributed by atoms with E-state index in [0.717, 1.165) is 0 Å². The predicted octanol–water partition coefficient (Wildman–Crippen LogP) is 2.39. The molecule has 0 amide bonds. The Morgan fingerprint density at radius 1 is 1.44 bits per heavy atom. The van der Waals surface area contributed by atoms with E-state index in [4.69, 9.17) is 12.2 Å². The zero-order valence-corrected chi connectivity index (χ0v) is 11.2. The second-order valence-electron chi connectivity index (χ2n) is 4.79. The highest BCUT2D eigenvalue weighted by molar-refractivity contribution is 7.80. The number of nitro groups is 1. The quantitative estimate of drug-likeness (QED) is 0.331. The molecule has 0 aromatic heterocycles. The van der Waals surface area contributed by atoms with Gasteiger partial charge in [0.2, 0.25) is 0 Å². The molecule has 0 heterocycles. The van der Waals surface area contributed by atoms with Crippen molar-refractivity contribution in [2.45, 2.75) is 26.3 Å². The molecule has 1 rings (SSSR count). The fraction of sp³-hybridized carbons (Fsp3) is 0.364. The van der Waals surface area contributed by atoms with Crippen molar-refractivity contribution < 1.29 is 10.0 Å². The Morgan fingerprint density at radius 2 is 2.06 bits per heavy atom. The predicted molar refractivity (Wildman–Crippen MR) is 73.9 cm³/mol. The number of nitro benzene ring substituents is 1. The maximum atomic E-state index is 10.7. The van der Waals surface area contributed by atoms with Crippen LogP contribution in [0.3, 0.4) is 0 Å². The minimum Gasteiger partial charge on any atom is -0.502 e. The average Bonchev–Trinajstić information content (AvgIpc) is 2.17.